The number of nitrogens with zero attached hydrogens (tertiary/aromatic N) is 3. The normalized spacial score (nSPS) is 24.7. The van der Waals surface area contributed by atoms with Crippen LogP contribution < -0.4 is 0 Å². The maximum absolute atomic E-state index is 12.9. The smallest absolute Gasteiger partial charge is 0.256 e. The van der Waals surface area contributed by atoms with Crippen LogP contribution in [0.25, 0.3) is 0 Å². The zero-order chi connectivity index (χ0) is 18.7. The first-order chi connectivity index (χ1) is 12.5. The summed E-state index contributed by atoms with van der Waals surface area (Å²) in [5, 5.41) is 11.2. The molecule has 2 heterocycles. The zero-order valence-corrected chi connectivity index (χ0v) is 16.7. The van der Waals surface area contributed by atoms with Crippen LogP contribution in [0.3, 0.4) is 0 Å². The van der Waals surface area contributed by atoms with Crippen LogP contribution in [0.4, 0.5) is 0 Å². The highest BCUT2D eigenvalue weighted by Gasteiger charge is 2.56. The van der Waals surface area contributed by atoms with Gasteiger partial charge in [0.1, 0.15) is 5.03 Å². The van der Waals surface area contributed by atoms with Gasteiger partial charge in [-0.2, -0.15) is 0 Å². The van der Waals surface area contributed by atoms with Crippen LogP contribution in [-0.4, -0.2) is 84.6 Å². The predicted molar refractivity (Wildman–Crippen MR) is 103 cm³/mol. The summed E-state index contributed by atoms with van der Waals surface area (Å²) >= 11 is 1.49. The van der Waals surface area contributed by atoms with Crippen molar-refractivity contribution in [2.24, 2.45) is 5.41 Å². The summed E-state index contributed by atoms with van der Waals surface area (Å²) in [7, 11) is 4.06. The molecule has 1 aromatic heterocycles. The molecule has 7 heteroatoms. The van der Waals surface area contributed by atoms with Gasteiger partial charge in [-0.15, -0.1) is 11.8 Å². The molecular weight excluding hydrogens is 350 g/mol. The van der Waals surface area contributed by atoms with Gasteiger partial charge in [0.15, 0.2) is 0 Å². The number of hydrogen-bond acceptors (Lipinski definition) is 6. The maximum atomic E-state index is 12.9. The monoisotopic (exact) mass is 379 g/mol. The molecule has 6 nitrogen and oxygen atoms in total. The third-order valence-corrected chi connectivity index (χ3v) is 6.49. The Morgan fingerprint density at radius 2 is 2.19 bits per heavy atom. The molecule has 1 saturated carbocycles. The molecule has 26 heavy (non-hydrogen) atoms. The van der Waals surface area contributed by atoms with Crippen molar-refractivity contribution in [2.45, 2.75) is 36.5 Å². The van der Waals surface area contributed by atoms with Crippen LogP contribution in [-0.2, 0) is 4.74 Å². The third kappa shape index (κ3) is 3.76. The van der Waals surface area contributed by atoms with Gasteiger partial charge < -0.3 is 19.6 Å². The lowest BCUT2D eigenvalue weighted by Crippen LogP contribution is -2.63. The van der Waals surface area contributed by atoms with Gasteiger partial charge in [0.05, 0.1) is 24.4 Å². The Bertz CT molecular complexity index is 632. The number of piperidine rings is 1. The van der Waals surface area contributed by atoms with Gasteiger partial charge in [0, 0.05) is 37.7 Å². The summed E-state index contributed by atoms with van der Waals surface area (Å²) in [5.41, 5.74) is 0.490. The topological polar surface area (TPSA) is 65.9 Å². The number of amides is 1. The van der Waals surface area contributed by atoms with Gasteiger partial charge >= 0.3 is 0 Å². The first-order valence-corrected chi connectivity index (χ1v) is 10.4. The van der Waals surface area contributed by atoms with Crippen LogP contribution in [0.5, 0.6) is 0 Å². The number of aromatic nitrogens is 1. The van der Waals surface area contributed by atoms with E-state index in [1.54, 1.807) is 6.20 Å². The molecule has 0 aromatic carbocycles. The van der Waals surface area contributed by atoms with Crippen LogP contribution in [0.15, 0.2) is 23.4 Å². The van der Waals surface area contributed by atoms with Crippen LogP contribution in [0.2, 0.25) is 0 Å². The number of pyridine rings is 1. The van der Waals surface area contributed by atoms with Gasteiger partial charge in [-0.05, 0) is 45.3 Å². The van der Waals surface area contributed by atoms with Gasteiger partial charge in [-0.3, -0.25) is 4.79 Å². The average molecular weight is 380 g/mol. The van der Waals surface area contributed by atoms with Crippen molar-refractivity contribution < 1.29 is 14.6 Å². The number of carbonyl (C=O) groups excluding carboxylic acids is 1. The number of hydrogen-bond donors (Lipinski definition) is 1. The number of rotatable bonds is 6. The fourth-order valence-electron chi connectivity index (χ4n) is 4.01. The number of carbonyl (C=O) groups is 1. The fourth-order valence-corrected chi connectivity index (χ4v) is 4.55. The Labute approximate surface area is 159 Å². The maximum Gasteiger partial charge on any atom is 0.256 e. The number of aliphatic hydroxyl groups excluding tert-OH is 1. The van der Waals surface area contributed by atoms with E-state index < -0.39 is 0 Å². The Morgan fingerprint density at radius 3 is 2.81 bits per heavy atom. The van der Waals surface area contributed by atoms with Crippen LogP contribution in [0, 0.1) is 5.41 Å². The second kappa shape index (κ2) is 8.25. The molecule has 0 radical (unpaired) electrons. The summed E-state index contributed by atoms with van der Waals surface area (Å²) in [5.74, 6) is 0.0381. The molecule has 0 bridgehead atoms. The summed E-state index contributed by atoms with van der Waals surface area (Å²) in [6.45, 7) is 2.88. The SMILES string of the molecule is CSc1ncccc1C(=O)N1CCC2(CC1)[C@@H](O)C[C@H]2OCCN(C)C. The number of ether oxygens (including phenoxy) is 1. The number of likely N-dealkylation sites (N-methyl/N-ethyl adjacent to an activating group) is 1. The molecule has 2 aliphatic rings. The van der Waals surface area contributed by atoms with E-state index in [1.165, 1.54) is 11.8 Å². The van der Waals surface area contributed by atoms with Crippen molar-refractivity contribution in [3.8, 4) is 0 Å². The lowest BCUT2D eigenvalue weighted by molar-refractivity contribution is -0.209. The minimum Gasteiger partial charge on any atom is -0.392 e. The minimum atomic E-state index is -0.316. The first-order valence-electron chi connectivity index (χ1n) is 9.20. The van der Waals surface area contributed by atoms with Crippen molar-refractivity contribution in [3.05, 3.63) is 23.9 Å². The summed E-state index contributed by atoms with van der Waals surface area (Å²) in [4.78, 5) is 21.2. The van der Waals surface area contributed by atoms with Crippen molar-refractivity contribution in [3.63, 3.8) is 0 Å². The molecule has 1 saturated heterocycles. The number of aliphatic hydroxyl groups is 1. The summed E-state index contributed by atoms with van der Waals surface area (Å²) in [6.07, 6.45) is 5.74. The Kier molecular flexibility index (Phi) is 6.22. The van der Waals surface area contributed by atoms with E-state index in [2.05, 4.69) is 9.88 Å². The molecule has 2 atom stereocenters. The quantitative estimate of drug-likeness (QED) is 0.760. The molecule has 0 unspecified atom stereocenters. The van der Waals surface area contributed by atoms with E-state index in [4.69, 9.17) is 4.74 Å². The summed E-state index contributed by atoms with van der Waals surface area (Å²) < 4.78 is 6.05. The standard InChI is InChI=1S/C19H29N3O3S/c1-21(2)11-12-25-16-13-15(23)19(16)6-9-22(10-7-19)18(24)14-5-4-8-20-17(14)26-3/h4-5,8,15-16,23H,6-7,9-13H2,1-3H3/t15-,16+/m0/s1. The molecule has 2 fully saturated rings. The third-order valence-electron chi connectivity index (χ3n) is 5.78. The molecule has 1 amide bonds. The molecular formula is C19H29N3O3S. The second-order valence-corrected chi connectivity index (χ2v) is 8.29. The van der Waals surface area contributed by atoms with Crippen LogP contribution >= 0.6 is 11.8 Å². The molecule has 144 valence electrons. The van der Waals surface area contributed by atoms with E-state index in [9.17, 15) is 9.90 Å². The van der Waals surface area contributed by atoms with Gasteiger partial charge in [-0.1, -0.05) is 0 Å². The molecule has 3 rings (SSSR count). The highest BCUT2D eigenvalue weighted by molar-refractivity contribution is 7.98. The van der Waals surface area contributed by atoms with E-state index in [0.29, 0.717) is 31.7 Å². The first kappa shape index (κ1) is 19.6. The molecule has 1 N–H and O–H groups in total. The van der Waals surface area contributed by atoms with E-state index in [-0.39, 0.29) is 23.5 Å². The Hall–Kier alpha value is -1.15. The van der Waals surface area contributed by atoms with E-state index >= 15 is 0 Å². The summed E-state index contributed by atoms with van der Waals surface area (Å²) in [6, 6.07) is 3.65. The lowest BCUT2D eigenvalue weighted by Gasteiger charge is -2.56. The van der Waals surface area contributed by atoms with Gasteiger partial charge in [0.2, 0.25) is 0 Å². The Morgan fingerprint density at radius 1 is 1.46 bits per heavy atom. The van der Waals surface area contributed by atoms with Crippen molar-refractivity contribution in [1.29, 1.82) is 0 Å². The molecule has 1 spiro atoms. The van der Waals surface area contributed by atoms with Crippen LogP contribution in [0.1, 0.15) is 29.6 Å². The fraction of sp³-hybridized carbons (Fsp3) is 0.684. The predicted octanol–water partition coefficient (Wildman–Crippen LogP) is 1.74. The Balaban J connectivity index is 1.60. The molecule has 1 aliphatic carbocycles. The van der Waals surface area contributed by atoms with Crippen molar-refractivity contribution in [2.75, 3.05) is 46.6 Å². The number of thioether (sulfide) groups is 1. The van der Waals surface area contributed by atoms with Gasteiger partial charge in [0.25, 0.3) is 5.91 Å². The zero-order valence-electron chi connectivity index (χ0n) is 15.9. The van der Waals surface area contributed by atoms with Crippen molar-refractivity contribution >= 4 is 17.7 Å². The highest BCUT2D eigenvalue weighted by atomic mass is 32.2. The van der Waals surface area contributed by atoms with E-state index in [1.807, 2.05) is 37.4 Å². The largest absolute Gasteiger partial charge is 0.392 e. The minimum absolute atomic E-state index is 0.0381. The lowest BCUT2D eigenvalue weighted by atomic mass is 9.58. The average Bonchev–Trinajstić information content (AvgIpc) is 2.66. The second-order valence-electron chi connectivity index (χ2n) is 7.50. The van der Waals surface area contributed by atoms with E-state index in [0.717, 1.165) is 24.4 Å². The molecule has 1 aromatic rings. The van der Waals surface area contributed by atoms with Crippen molar-refractivity contribution in [1.82, 2.24) is 14.8 Å². The van der Waals surface area contributed by atoms with Gasteiger partial charge in [-0.25, -0.2) is 4.98 Å². The highest BCUT2D eigenvalue weighted by Crippen LogP contribution is 2.51. The molecule has 1 aliphatic heterocycles. The number of likely N-dealkylation sites (tertiary alicyclic amines) is 1.